The molecule has 88 heavy (non-hydrogen) atoms. The number of ketones is 1. The molecule has 23 nitrogen and oxygen atoms in total. The van der Waals surface area contributed by atoms with Gasteiger partial charge in [-0.05, 0) is 118 Å². The fourth-order valence-corrected chi connectivity index (χ4v) is 13.2. The van der Waals surface area contributed by atoms with E-state index in [1.807, 2.05) is 6.07 Å². The van der Waals surface area contributed by atoms with Crippen molar-refractivity contribution < 1.29 is 76.5 Å². The predicted octanol–water partition coefficient (Wildman–Crippen LogP) is 7.29. The summed E-state index contributed by atoms with van der Waals surface area (Å²) in [6, 6.07) is 16.7. The van der Waals surface area contributed by atoms with Gasteiger partial charge < -0.3 is 50.0 Å². The molecule has 4 aromatic rings. The molecule has 4 aromatic carbocycles. The predicted molar refractivity (Wildman–Crippen MR) is 326 cm³/mol. The van der Waals surface area contributed by atoms with Gasteiger partial charge >= 0.3 is 13.9 Å². The van der Waals surface area contributed by atoms with Gasteiger partial charge in [-0.25, -0.2) is 14.3 Å². The Morgan fingerprint density at radius 1 is 0.852 bits per heavy atom. The van der Waals surface area contributed by atoms with Gasteiger partial charge in [0.15, 0.2) is 23.5 Å². The number of carbonyl (C=O) groups excluding carboxylic acids is 8. The number of fused-ring (bicyclic) bond motifs is 5. The third kappa shape index (κ3) is 14.6. The number of rotatable bonds is 29. The normalized spacial score (nSPS) is 19.8. The number of unbranched alkanes of at least 4 members (excludes halogenated alkanes) is 5. The first-order chi connectivity index (χ1) is 42.3. The summed E-state index contributed by atoms with van der Waals surface area (Å²) in [7, 11) is -3.51. The number of phosphoric acid groups is 1. The molecule has 0 radical (unpaired) electrons. The van der Waals surface area contributed by atoms with Crippen LogP contribution in [0.2, 0.25) is 0 Å². The molecule has 3 fully saturated rings. The second kappa shape index (κ2) is 29.0. The number of phosphoric ester groups is 1. The number of nitrogens with zero attached hydrogens (tertiary/aromatic N) is 4. The summed E-state index contributed by atoms with van der Waals surface area (Å²) >= 11 is 6.41. The van der Waals surface area contributed by atoms with E-state index in [9.17, 15) is 57.8 Å². The molecule has 9 rings (SSSR count). The van der Waals surface area contributed by atoms with Crippen LogP contribution in [-0.4, -0.2) is 143 Å². The van der Waals surface area contributed by atoms with Crippen molar-refractivity contribution in [1.29, 1.82) is 0 Å². The van der Waals surface area contributed by atoms with E-state index in [1.54, 1.807) is 59.2 Å². The van der Waals surface area contributed by atoms with Gasteiger partial charge in [-0.2, -0.15) is 0 Å². The Kier molecular flexibility index (Phi) is 21.5. The van der Waals surface area contributed by atoms with E-state index >= 15 is 0 Å². The van der Waals surface area contributed by atoms with E-state index in [1.165, 1.54) is 30.2 Å². The Hall–Kier alpha value is -7.14. The quantitative estimate of drug-likeness (QED) is 0.0102. The second-order valence-electron chi connectivity index (χ2n) is 23.5. The molecule has 4 aliphatic heterocycles. The Labute approximate surface area is 516 Å². The number of anilines is 2. The SMILES string of the molecule is COc1cc2c(cc1OCCCCCC(=O)N1C[C@@H](CCl)c3c1cc(OP(=O)(O)O)c1ccccc31)N(C(=O)OCc1ccc(CC(=O)[C@H](CCCCN)NC(=O)C3(C(=O)NCCCCCN4C(=O)CC(C)C4=O)CCC3)cc1)C(O)[C@@H]1CCCN1C2=O. The minimum Gasteiger partial charge on any atom is -0.493 e. The number of halogens is 1. The molecule has 474 valence electrons. The number of nitrogens with one attached hydrogen (secondary N) is 2. The smallest absolute Gasteiger partial charge is 0.493 e. The highest BCUT2D eigenvalue weighted by molar-refractivity contribution is 7.46. The number of nitrogens with two attached hydrogens (primary N) is 1. The molecule has 7 N–H and O–H groups in total. The van der Waals surface area contributed by atoms with Gasteiger partial charge in [0.05, 0.1) is 42.7 Å². The van der Waals surface area contributed by atoms with Crippen LogP contribution in [0.4, 0.5) is 16.2 Å². The van der Waals surface area contributed by atoms with Crippen molar-refractivity contribution in [2.24, 2.45) is 17.1 Å². The third-order valence-electron chi connectivity index (χ3n) is 17.6. The van der Waals surface area contributed by atoms with Crippen molar-refractivity contribution in [3.05, 3.63) is 89.0 Å². The zero-order valence-corrected chi connectivity index (χ0v) is 51.4. The Balaban J connectivity index is 0.790. The van der Waals surface area contributed by atoms with E-state index in [4.69, 9.17) is 36.1 Å². The molecule has 0 bridgehead atoms. The minimum atomic E-state index is -4.93. The summed E-state index contributed by atoms with van der Waals surface area (Å²) in [5.41, 5.74) is 7.12. The number of likely N-dealkylation sites (tertiary alicyclic amines) is 1. The standard InChI is InChI=1S/C63H79ClN7O16P/c1-39-31-55(74)69(57(39)75)28-11-4-10-27-66-60(78)63(24-14-25-63)61(79)67-46(17-8-9-26-65)50(72)32-40-20-22-41(23-21-40)38-86-62(80)71-48-34-53(52(84-2)33-45(48)58(76)68-29-13-18-47(68)59(71)77)85-30-12-3-5-19-54(73)70-37-42(36-64)56-44-16-7-6-15-43(44)51(35-49(56)70)87-88(81,82)83/h6-7,15-16,20-23,33-35,39,42,46-47,59,77H,3-5,8-14,17-19,24-32,36-38,65H2,1-2H3,(H,66,78)(H,67,79)(H2,81,82,83)/t39?,42-,46+,47+,59?/m1/s1. The summed E-state index contributed by atoms with van der Waals surface area (Å²) in [6.07, 6.45) is 5.26. The van der Waals surface area contributed by atoms with Crippen LogP contribution in [0.25, 0.3) is 10.8 Å². The summed E-state index contributed by atoms with van der Waals surface area (Å²) in [5, 5.41) is 18.9. The maximum absolute atomic E-state index is 14.3. The lowest BCUT2D eigenvalue weighted by molar-refractivity contribution is -0.151. The highest BCUT2D eigenvalue weighted by Gasteiger charge is 2.51. The number of aliphatic hydroxyl groups is 1. The average Bonchev–Trinajstić information content (AvgIpc) is 1.58. The number of alkyl halides is 1. The van der Waals surface area contributed by atoms with Gasteiger partial charge in [0, 0.05) is 80.7 Å². The molecule has 0 aromatic heterocycles. The largest absolute Gasteiger partial charge is 0.524 e. The molecule has 0 spiro atoms. The fourth-order valence-electron chi connectivity index (χ4n) is 12.6. The first-order valence-electron chi connectivity index (χ1n) is 30.5. The van der Waals surface area contributed by atoms with Gasteiger partial charge in [-0.15, -0.1) is 11.6 Å². The van der Waals surface area contributed by atoms with Crippen molar-refractivity contribution >= 4 is 88.9 Å². The van der Waals surface area contributed by atoms with Crippen LogP contribution in [0.1, 0.15) is 143 Å². The van der Waals surface area contributed by atoms with E-state index < -0.39 is 55.4 Å². The number of benzene rings is 4. The molecule has 2 unspecified atom stereocenters. The molecule has 1 aliphatic carbocycles. The molecule has 25 heteroatoms. The number of carbonyl (C=O) groups is 8. The maximum Gasteiger partial charge on any atom is 0.524 e. The van der Waals surface area contributed by atoms with Gasteiger partial charge in [0.2, 0.25) is 29.5 Å². The molecular weight excluding hydrogens is 1180 g/mol. The van der Waals surface area contributed by atoms with Crippen LogP contribution in [0.3, 0.4) is 0 Å². The number of methoxy groups -OCH3 is 1. The lowest BCUT2D eigenvalue weighted by Crippen LogP contribution is -2.58. The number of amides is 7. The van der Waals surface area contributed by atoms with Crippen molar-refractivity contribution in [1.82, 2.24) is 20.4 Å². The number of aliphatic hydroxyl groups excluding tert-OH is 1. The van der Waals surface area contributed by atoms with Crippen LogP contribution in [0, 0.1) is 11.3 Å². The third-order valence-corrected chi connectivity index (χ3v) is 18.4. The molecular formula is C63H79ClN7O16P. The van der Waals surface area contributed by atoms with Gasteiger partial charge in [-0.3, -0.25) is 48.2 Å². The van der Waals surface area contributed by atoms with E-state index in [0.717, 1.165) is 10.5 Å². The van der Waals surface area contributed by atoms with Crippen molar-refractivity contribution in [3.63, 3.8) is 0 Å². The van der Waals surface area contributed by atoms with Crippen LogP contribution in [-0.2, 0) is 51.1 Å². The van der Waals surface area contributed by atoms with Crippen molar-refractivity contribution in [2.45, 2.75) is 147 Å². The van der Waals surface area contributed by atoms with Crippen molar-refractivity contribution in [2.75, 3.05) is 62.1 Å². The number of hydrogen-bond donors (Lipinski definition) is 6. The van der Waals surface area contributed by atoms with Gasteiger partial charge in [-0.1, -0.05) is 61.9 Å². The molecule has 4 heterocycles. The Bertz CT molecular complexity index is 3320. The van der Waals surface area contributed by atoms with E-state index in [2.05, 4.69) is 10.6 Å². The molecule has 5 atom stereocenters. The highest BCUT2D eigenvalue weighted by Crippen LogP contribution is 2.50. The Morgan fingerprint density at radius 2 is 1.58 bits per heavy atom. The van der Waals surface area contributed by atoms with Gasteiger partial charge in [0.25, 0.3) is 5.91 Å². The van der Waals surface area contributed by atoms with Crippen molar-refractivity contribution in [3.8, 4) is 17.2 Å². The summed E-state index contributed by atoms with van der Waals surface area (Å²) in [4.78, 5) is 133. The Morgan fingerprint density at radius 3 is 2.26 bits per heavy atom. The molecule has 7 amide bonds. The summed E-state index contributed by atoms with van der Waals surface area (Å²) < 4.78 is 34.8. The highest BCUT2D eigenvalue weighted by atomic mass is 35.5. The second-order valence-corrected chi connectivity index (χ2v) is 25.0. The lowest BCUT2D eigenvalue weighted by Gasteiger charge is -2.39. The van der Waals surface area contributed by atoms with Gasteiger partial charge in [0.1, 0.15) is 17.8 Å². The first kappa shape index (κ1) is 65.3. The summed E-state index contributed by atoms with van der Waals surface area (Å²) in [5.74, 6) is -1.99. The number of imide groups is 1. The fraction of sp³-hybridized carbons (Fsp3) is 0.524. The topological polar surface area (TPSA) is 314 Å². The number of hydrogen-bond acceptors (Lipinski definition) is 15. The maximum atomic E-state index is 14.3. The van der Waals surface area contributed by atoms with Crippen LogP contribution >= 0.6 is 19.4 Å². The molecule has 1 saturated carbocycles. The van der Waals surface area contributed by atoms with Crippen LogP contribution < -0.4 is 40.2 Å². The van der Waals surface area contributed by atoms with E-state index in [0.29, 0.717) is 144 Å². The zero-order valence-electron chi connectivity index (χ0n) is 49.8. The molecule has 5 aliphatic rings. The zero-order chi connectivity index (χ0) is 62.9. The monoisotopic (exact) mass is 1260 g/mol. The number of Topliss-reactive ketones (excluding diaryl/α,β-unsaturated/α-hetero) is 1. The summed E-state index contributed by atoms with van der Waals surface area (Å²) in [6.45, 7) is 3.36. The van der Waals surface area contributed by atoms with Crippen LogP contribution in [0.15, 0.2) is 66.7 Å². The first-order valence-corrected chi connectivity index (χ1v) is 32.5. The minimum absolute atomic E-state index is 0.0385. The van der Waals surface area contributed by atoms with E-state index in [-0.39, 0.29) is 109 Å². The van der Waals surface area contributed by atoms with Crippen LogP contribution in [0.5, 0.6) is 17.2 Å². The molecule has 2 saturated heterocycles. The lowest BCUT2D eigenvalue weighted by atomic mass is 9.67. The average molecular weight is 1260 g/mol. The number of ether oxygens (including phenoxy) is 3.